The number of benzene rings is 2. The summed E-state index contributed by atoms with van der Waals surface area (Å²) < 4.78 is 5.63. The molecule has 0 spiro atoms. The number of hydrogen-bond acceptors (Lipinski definition) is 4. The third-order valence-corrected chi connectivity index (χ3v) is 7.54. The molecule has 0 aliphatic heterocycles. The molecule has 5 rings (SSSR count). The smallest absolute Gasteiger partial charge is 0.407 e. The number of aliphatic carboxylic acids is 1. The number of carboxylic acid groups (broad SMARTS) is 1. The van der Waals surface area contributed by atoms with Crippen LogP contribution in [0.25, 0.3) is 11.1 Å². The van der Waals surface area contributed by atoms with Gasteiger partial charge in [-0.05, 0) is 53.9 Å². The van der Waals surface area contributed by atoms with E-state index in [1.165, 1.54) is 11.1 Å². The van der Waals surface area contributed by atoms with Crippen molar-refractivity contribution in [3.05, 3.63) is 59.7 Å². The van der Waals surface area contributed by atoms with Crippen LogP contribution < -0.4 is 10.6 Å². The molecule has 33 heavy (non-hydrogen) atoms. The van der Waals surface area contributed by atoms with E-state index in [0.29, 0.717) is 19.3 Å². The number of carboxylic acids is 1. The highest BCUT2D eigenvalue weighted by Gasteiger charge is 2.65. The van der Waals surface area contributed by atoms with Crippen molar-refractivity contribution in [1.29, 1.82) is 0 Å². The van der Waals surface area contributed by atoms with Gasteiger partial charge < -0.3 is 20.5 Å². The average molecular weight is 449 g/mol. The Bertz CT molecular complexity index is 1070. The van der Waals surface area contributed by atoms with Crippen LogP contribution in [0, 0.1) is 11.3 Å². The van der Waals surface area contributed by atoms with Crippen LogP contribution in [0.2, 0.25) is 0 Å². The number of carbonyl (C=O) groups excluding carboxylic acids is 2. The van der Waals surface area contributed by atoms with E-state index in [2.05, 4.69) is 34.9 Å². The second-order valence-electron chi connectivity index (χ2n) is 9.44. The standard InChI is InChI=1S/C26H28N2O5/c1-2-22(23(29)30)28-24(31)26-12-15(26)11-16(13-26)27-25(32)33-14-21-19-9-5-3-7-17(19)18-8-4-6-10-20(18)21/h3-10,15-16,21-22H,2,11-14H2,1H3,(H,27,32)(H,28,31)(H,29,30)/t15-,16+,22?,26+/m1/s1. The minimum Gasteiger partial charge on any atom is -0.480 e. The number of carbonyl (C=O) groups is 3. The summed E-state index contributed by atoms with van der Waals surface area (Å²) in [4.78, 5) is 36.6. The highest BCUT2D eigenvalue weighted by atomic mass is 16.5. The lowest BCUT2D eigenvalue weighted by Gasteiger charge is -2.20. The van der Waals surface area contributed by atoms with Crippen LogP contribution in [-0.4, -0.2) is 41.8 Å². The average Bonchev–Trinajstić information content (AvgIpc) is 3.24. The molecule has 2 aromatic rings. The summed E-state index contributed by atoms with van der Waals surface area (Å²) in [6.07, 6.45) is 1.84. The zero-order valence-electron chi connectivity index (χ0n) is 18.5. The minimum atomic E-state index is -1.02. The maximum atomic E-state index is 12.7. The molecule has 2 fully saturated rings. The molecule has 3 aliphatic carbocycles. The predicted molar refractivity (Wildman–Crippen MR) is 122 cm³/mol. The van der Waals surface area contributed by atoms with Gasteiger partial charge in [-0.15, -0.1) is 0 Å². The van der Waals surface area contributed by atoms with Gasteiger partial charge in [-0.2, -0.15) is 0 Å². The van der Waals surface area contributed by atoms with Gasteiger partial charge in [0.2, 0.25) is 5.91 Å². The van der Waals surface area contributed by atoms with Crippen LogP contribution in [0.3, 0.4) is 0 Å². The van der Waals surface area contributed by atoms with Gasteiger partial charge in [0.25, 0.3) is 0 Å². The molecule has 0 saturated heterocycles. The molecule has 2 saturated carbocycles. The van der Waals surface area contributed by atoms with Crippen LogP contribution in [0.15, 0.2) is 48.5 Å². The number of amides is 2. The lowest BCUT2D eigenvalue weighted by molar-refractivity contribution is -0.142. The quantitative estimate of drug-likeness (QED) is 0.599. The Labute approximate surface area is 192 Å². The molecule has 0 bridgehead atoms. The van der Waals surface area contributed by atoms with Gasteiger partial charge in [-0.3, -0.25) is 4.79 Å². The first kappa shape index (κ1) is 21.5. The molecule has 2 aromatic carbocycles. The molecule has 3 N–H and O–H groups in total. The lowest BCUT2D eigenvalue weighted by Crippen LogP contribution is -2.45. The van der Waals surface area contributed by atoms with Gasteiger partial charge in [0.05, 0.1) is 5.41 Å². The van der Waals surface area contributed by atoms with Crippen molar-refractivity contribution in [3.63, 3.8) is 0 Å². The van der Waals surface area contributed by atoms with Gasteiger partial charge in [0.15, 0.2) is 0 Å². The molecule has 3 aliphatic rings. The van der Waals surface area contributed by atoms with Crippen molar-refractivity contribution >= 4 is 18.0 Å². The van der Waals surface area contributed by atoms with E-state index >= 15 is 0 Å². The third-order valence-electron chi connectivity index (χ3n) is 7.54. The van der Waals surface area contributed by atoms with Crippen molar-refractivity contribution in [2.75, 3.05) is 6.61 Å². The van der Waals surface area contributed by atoms with Crippen molar-refractivity contribution in [2.24, 2.45) is 11.3 Å². The number of nitrogens with one attached hydrogen (secondary N) is 2. The first-order chi connectivity index (χ1) is 15.9. The van der Waals surface area contributed by atoms with Crippen LogP contribution in [0.1, 0.15) is 49.7 Å². The Hall–Kier alpha value is -3.35. The third kappa shape index (κ3) is 3.75. The highest BCUT2D eigenvalue weighted by molar-refractivity contribution is 5.90. The van der Waals surface area contributed by atoms with E-state index in [0.717, 1.165) is 17.5 Å². The predicted octanol–water partition coefficient (Wildman–Crippen LogP) is 3.67. The monoisotopic (exact) mass is 448 g/mol. The van der Waals surface area contributed by atoms with Crippen LogP contribution in [0.5, 0.6) is 0 Å². The molecule has 2 amide bonds. The Morgan fingerprint density at radius 3 is 2.30 bits per heavy atom. The van der Waals surface area contributed by atoms with Crippen molar-refractivity contribution in [1.82, 2.24) is 10.6 Å². The van der Waals surface area contributed by atoms with Crippen molar-refractivity contribution < 1.29 is 24.2 Å². The Morgan fingerprint density at radius 1 is 1.06 bits per heavy atom. The normalized spacial score (nSPS) is 25.4. The molecule has 7 nitrogen and oxygen atoms in total. The molecule has 0 aromatic heterocycles. The van der Waals surface area contributed by atoms with Gasteiger partial charge in [-0.25, -0.2) is 9.59 Å². The molecular weight excluding hydrogens is 420 g/mol. The van der Waals surface area contributed by atoms with E-state index in [1.54, 1.807) is 6.92 Å². The van der Waals surface area contributed by atoms with Crippen molar-refractivity contribution in [2.45, 2.75) is 50.6 Å². The Balaban J connectivity index is 1.17. The summed E-state index contributed by atoms with van der Waals surface area (Å²) >= 11 is 0. The molecule has 0 radical (unpaired) electrons. The number of rotatable bonds is 7. The minimum absolute atomic E-state index is 0.000697. The summed E-state index contributed by atoms with van der Waals surface area (Å²) in [6, 6.07) is 15.4. The molecule has 1 unspecified atom stereocenters. The van der Waals surface area contributed by atoms with Crippen LogP contribution in [0.4, 0.5) is 4.79 Å². The number of fused-ring (bicyclic) bond motifs is 4. The molecule has 172 valence electrons. The fourth-order valence-corrected chi connectivity index (χ4v) is 5.73. The van der Waals surface area contributed by atoms with Crippen molar-refractivity contribution in [3.8, 4) is 11.1 Å². The van der Waals surface area contributed by atoms with E-state index in [1.807, 2.05) is 24.3 Å². The molecular formula is C26H28N2O5. The largest absolute Gasteiger partial charge is 0.480 e. The van der Waals surface area contributed by atoms with E-state index in [4.69, 9.17) is 4.74 Å². The zero-order valence-corrected chi connectivity index (χ0v) is 18.5. The fourth-order valence-electron chi connectivity index (χ4n) is 5.73. The summed E-state index contributed by atoms with van der Waals surface area (Å²) in [5, 5.41) is 14.8. The summed E-state index contributed by atoms with van der Waals surface area (Å²) in [7, 11) is 0. The maximum Gasteiger partial charge on any atom is 0.407 e. The zero-order chi connectivity index (χ0) is 23.2. The topological polar surface area (TPSA) is 105 Å². The van der Waals surface area contributed by atoms with Gasteiger partial charge in [0, 0.05) is 12.0 Å². The number of alkyl carbamates (subject to hydrolysis) is 1. The van der Waals surface area contributed by atoms with Crippen LogP contribution in [-0.2, 0) is 14.3 Å². The number of hydrogen-bond donors (Lipinski definition) is 3. The first-order valence-corrected chi connectivity index (χ1v) is 11.6. The Morgan fingerprint density at radius 2 is 1.70 bits per heavy atom. The molecule has 7 heteroatoms. The first-order valence-electron chi connectivity index (χ1n) is 11.6. The Kier molecular flexibility index (Phi) is 5.35. The van der Waals surface area contributed by atoms with E-state index in [-0.39, 0.29) is 30.4 Å². The SMILES string of the molecule is CCC(NC(=O)[C@@]12C[C@@H](NC(=O)OCC3c4ccccc4-c4ccccc43)C[C@@H]1C2)C(=O)O. The second-order valence-corrected chi connectivity index (χ2v) is 9.44. The van der Waals surface area contributed by atoms with E-state index in [9.17, 15) is 19.5 Å². The van der Waals surface area contributed by atoms with Gasteiger partial charge in [-0.1, -0.05) is 55.5 Å². The summed E-state index contributed by atoms with van der Waals surface area (Å²) in [5.74, 6) is -1.05. The van der Waals surface area contributed by atoms with E-state index < -0.39 is 23.5 Å². The van der Waals surface area contributed by atoms with Crippen LogP contribution >= 0.6 is 0 Å². The highest BCUT2D eigenvalue weighted by Crippen LogP contribution is 2.63. The number of ether oxygens (including phenoxy) is 1. The van der Waals surface area contributed by atoms with Gasteiger partial charge >= 0.3 is 12.1 Å². The van der Waals surface area contributed by atoms with Gasteiger partial charge in [0.1, 0.15) is 12.6 Å². The molecule has 4 atom stereocenters. The fraction of sp³-hybridized carbons (Fsp3) is 0.423. The lowest BCUT2D eigenvalue weighted by atomic mass is 9.98. The molecule has 0 heterocycles. The summed E-state index contributed by atoms with van der Waals surface area (Å²) in [6.45, 7) is 1.98. The summed E-state index contributed by atoms with van der Waals surface area (Å²) in [5.41, 5.74) is 4.13. The maximum absolute atomic E-state index is 12.7. The second kappa shape index (κ2) is 8.21.